The third-order valence-corrected chi connectivity index (χ3v) is 7.25. The summed E-state index contributed by atoms with van der Waals surface area (Å²) in [5.41, 5.74) is 7.21. The third kappa shape index (κ3) is 6.45. The van der Waals surface area contributed by atoms with Gasteiger partial charge in [-0.2, -0.15) is 0 Å². The van der Waals surface area contributed by atoms with E-state index < -0.39 is 11.1 Å². The highest BCUT2D eigenvalue weighted by Crippen LogP contribution is 2.39. The molecule has 3 N–H and O–H groups in total. The van der Waals surface area contributed by atoms with E-state index in [1.165, 1.54) is 31.2 Å². The Kier molecular flexibility index (Phi) is 8.03. The fourth-order valence-corrected chi connectivity index (χ4v) is 5.60. The molecule has 1 aliphatic carbocycles. The summed E-state index contributed by atoms with van der Waals surface area (Å²) in [5.74, 6) is 1.36. The van der Waals surface area contributed by atoms with Crippen LogP contribution < -0.4 is 5.73 Å². The molecule has 1 saturated carbocycles. The molecule has 1 saturated heterocycles. The minimum atomic E-state index is -0.537. The molecule has 2 unspecified atom stereocenters. The highest BCUT2D eigenvalue weighted by atomic mass is 16.6. The molecule has 31 heavy (non-hydrogen) atoms. The lowest BCUT2D eigenvalue weighted by Crippen LogP contribution is -2.64. The Hall–Kier alpha value is -1.59. The van der Waals surface area contributed by atoms with Gasteiger partial charge >= 0.3 is 6.09 Å². The zero-order valence-electron chi connectivity index (χ0n) is 19.7. The maximum Gasteiger partial charge on any atom is 0.410 e. The van der Waals surface area contributed by atoms with Gasteiger partial charge in [0.05, 0.1) is 6.04 Å². The van der Waals surface area contributed by atoms with Crippen LogP contribution in [0.4, 0.5) is 4.79 Å². The second-order valence-electron chi connectivity index (χ2n) is 10.7. The van der Waals surface area contributed by atoms with Crippen LogP contribution in [0, 0.1) is 5.92 Å². The Morgan fingerprint density at radius 2 is 1.84 bits per heavy atom. The minimum absolute atomic E-state index is 0.0529. The second kappa shape index (κ2) is 10.4. The Morgan fingerprint density at radius 1 is 1.16 bits per heavy atom. The molecule has 0 radical (unpaired) electrons. The first kappa shape index (κ1) is 24.1. The van der Waals surface area contributed by atoms with Gasteiger partial charge in [-0.3, -0.25) is 0 Å². The number of piperidine rings is 1. The van der Waals surface area contributed by atoms with E-state index in [-0.39, 0.29) is 18.7 Å². The first-order valence-electron chi connectivity index (χ1n) is 12.2. The molecule has 5 nitrogen and oxygen atoms in total. The van der Waals surface area contributed by atoms with Gasteiger partial charge in [0, 0.05) is 18.7 Å². The van der Waals surface area contributed by atoms with Crippen molar-refractivity contribution >= 4 is 6.09 Å². The number of benzene rings is 1. The van der Waals surface area contributed by atoms with Crippen LogP contribution in [0.2, 0.25) is 0 Å². The van der Waals surface area contributed by atoms with Crippen LogP contribution in [0.5, 0.6) is 0 Å². The number of rotatable bonds is 6. The summed E-state index contributed by atoms with van der Waals surface area (Å²) >= 11 is 0. The minimum Gasteiger partial charge on any atom is -0.444 e. The van der Waals surface area contributed by atoms with Gasteiger partial charge in [-0.05, 0) is 96.0 Å². The monoisotopic (exact) mass is 430 g/mol. The first-order valence-corrected chi connectivity index (χ1v) is 12.2. The fourth-order valence-electron chi connectivity index (χ4n) is 5.60. The molecular formula is C26H42N2O3. The van der Waals surface area contributed by atoms with Gasteiger partial charge in [0.25, 0.3) is 0 Å². The largest absolute Gasteiger partial charge is 0.444 e. The quantitative estimate of drug-likeness (QED) is 0.649. The van der Waals surface area contributed by atoms with E-state index in [1.807, 2.05) is 25.7 Å². The van der Waals surface area contributed by atoms with Crippen LogP contribution in [0.15, 0.2) is 30.3 Å². The lowest BCUT2D eigenvalue weighted by atomic mass is 9.73. The Balaban J connectivity index is 1.62. The van der Waals surface area contributed by atoms with E-state index >= 15 is 0 Å². The van der Waals surface area contributed by atoms with Crippen molar-refractivity contribution in [2.24, 2.45) is 11.7 Å². The van der Waals surface area contributed by atoms with E-state index in [0.717, 1.165) is 25.7 Å². The molecule has 1 aliphatic heterocycles. The summed E-state index contributed by atoms with van der Waals surface area (Å²) in [6.45, 7) is 6.44. The Bertz CT molecular complexity index is 690. The summed E-state index contributed by atoms with van der Waals surface area (Å²) in [5, 5.41) is 9.65. The molecule has 174 valence electrons. The van der Waals surface area contributed by atoms with Gasteiger partial charge < -0.3 is 20.5 Å². The van der Waals surface area contributed by atoms with E-state index in [2.05, 4.69) is 30.3 Å². The second-order valence-corrected chi connectivity index (χ2v) is 10.7. The number of nitrogens with zero attached hydrogens (tertiary/aromatic N) is 1. The number of ether oxygens (including phenoxy) is 1. The number of amides is 1. The standard InChI is InChI=1S/C26H42N2O3/c1-25(2,3)31-24(30)28-18-7-16-26(27,17-19-29)23(28)15-12-20-10-13-22(14-11-20)21-8-5-4-6-9-21/h4-6,8-9,20,22-23,29H,7,10-19,27H2,1-3H3. The summed E-state index contributed by atoms with van der Waals surface area (Å²) in [6.07, 6.45) is 8.86. The lowest BCUT2D eigenvalue weighted by molar-refractivity contribution is -0.0119. The molecule has 1 heterocycles. The molecule has 2 atom stereocenters. The van der Waals surface area contributed by atoms with Gasteiger partial charge in [-0.15, -0.1) is 0 Å². The molecule has 1 amide bonds. The summed E-state index contributed by atoms with van der Waals surface area (Å²) in [7, 11) is 0. The highest BCUT2D eigenvalue weighted by molar-refractivity contribution is 5.69. The third-order valence-electron chi connectivity index (χ3n) is 7.25. The van der Waals surface area contributed by atoms with E-state index in [4.69, 9.17) is 10.5 Å². The molecule has 3 rings (SSSR count). The molecule has 2 fully saturated rings. The number of likely N-dealkylation sites (tertiary alicyclic amines) is 1. The van der Waals surface area contributed by atoms with Crippen molar-refractivity contribution < 1.29 is 14.6 Å². The number of aliphatic hydroxyl groups is 1. The number of aliphatic hydroxyl groups excluding tert-OH is 1. The number of nitrogens with two attached hydrogens (primary N) is 1. The number of hydrogen-bond acceptors (Lipinski definition) is 4. The molecule has 0 bridgehead atoms. The van der Waals surface area contributed by atoms with E-state index in [0.29, 0.717) is 24.8 Å². The SMILES string of the molecule is CC(C)(C)OC(=O)N1CCCC(N)(CCO)C1CCC1CCC(c2ccccc2)CC1. The summed E-state index contributed by atoms with van der Waals surface area (Å²) in [6, 6.07) is 10.8. The van der Waals surface area contributed by atoms with Crippen molar-refractivity contribution in [3.8, 4) is 0 Å². The number of carbonyl (C=O) groups excluding carboxylic acids is 1. The van der Waals surface area contributed by atoms with Crippen molar-refractivity contribution in [2.75, 3.05) is 13.2 Å². The highest BCUT2D eigenvalue weighted by Gasteiger charge is 2.44. The van der Waals surface area contributed by atoms with Crippen molar-refractivity contribution in [1.82, 2.24) is 4.90 Å². The van der Waals surface area contributed by atoms with Crippen LogP contribution >= 0.6 is 0 Å². The van der Waals surface area contributed by atoms with Gasteiger partial charge in [-0.25, -0.2) is 4.79 Å². The Labute approximate surface area is 188 Å². The zero-order valence-corrected chi connectivity index (χ0v) is 19.7. The molecule has 0 spiro atoms. The van der Waals surface area contributed by atoms with Crippen LogP contribution in [0.3, 0.4) is 0 Å². The van der Waals surface area contributed by atoms with Crippen molar-refractivity contribution in [2.45, 2.75) is 102 Å². The molecule has 1 aromatic carbocycles. The average Bonchev–Trinajstić information content (AvgIpc) is 2.72. The molecule has 2 aliphatic rings. The summed E-state index contributed by atoms with van der Waals surface area (Å²) < 4.78 is 5.70. The van der Waals surface area contributed by atoms with Crippen LogP contribution in [-0.4, -0.2) is 46.4 Å². The van der Waals surface area contributed by atoms with Gasteiger partial charge in [0.1, 0.15) is 5.60 Å². The summed E-state index contributed by atoms with van der Waals surface area (Å²) in [4.78, 5) is 14.8. The molecule has 1 aromatic rings. The number of hydrogen-bond donors (Lipinski definition) is 2. The predicted octanol–water partition coefficient (Wildman–Crippen LogP) is 5.22. The molecular weight excluding hydrogens is 388 g/mol. The topological polar surface area (TPSA) is 75.8 Å². The fraction of sp³-hybridized carbons (Fsp3) is 0.731. The molecule has 5 heteroatoms. The van der Waals surface area contributed by atoms with Crippen LogP contribution in [-0.2, 0) is 4.74 Å². The predicted molar refractivity (Wildman–Crippen MR) is 125 cm³/mol. The maximum atomic E-state index is 13.0. The first-order chi connectivity index (χ1) is 14.7. The van der Waals surface area contributed by atoms with Crippen molar-refractivity contribution in [3.05, 3.63) is 35.9 Å². The Morgan fingerprint density at radius 3 is 2.45 bits per heavy atom. The molecule has 0 aromatic heterocycles. The maximum absolute atomic E-state index is 13.0. The van der Waals surface area contributed by atoms with Crippen molar-refractivity contribution in [1.29, 1.82) is 0 Å². The van der Waals surface area contributed by atoms with E-state index in [9.17, 15) is 9.90 Å². The van der Waals surface area contributed by atoms with Crippen LogP contribution in [0.25, 0.3) is 0 Å². The zero-order chi connectivity index (χ0) is 22.5. The number of carbonyl (C=O) groups is 1. The van der Waals surface area contributed by atoms with Crippen LogP contribution in [0.1, 0.15) is 90.0 Å². The van der Waals surface area contributed by atoms with Gasteiger partial charge in [-0.1, -0.05) is 30.3 Å². The lowest BCUT2D eigenvalue weighted by Gasteiger charge is -2.48. The average molecular weight is 431 g/mol. The van der Waals surface area contributed by atoms with Gasteiger partial charge in [0.15, 0.2) is 0 Å². The smallest absolute Gasteiger partial charge is 0.410 e. The normalized spacial score (nSPS) is 29.6. The van der Waals surface area contributed by atoms with Crippen molar-refractivity contribution in [3.63, 3.8) is 0 Å². The van der Waals surface area contributed by atoms with E-state index in [1.54, 1.807) is 0 Å². The van der Waals surface area contributed by atoms with Gasteiger partial charge in [0.2, 0.25) is 0 Å².